The van der Waals surface area contributed by atoms with Gasteiger partial charge in [0.05, 0.1) is 0 Å². The quantitative estimate of drug-likeness (QED) is 0.150. The van der Waals surface area contributed by atoms with E-state index >= 15 is 0 Å². The molecule has 1 heterocycles. The Balaban J connectivity index is 1.07. The summed E-state index contributed by atoms with van der Waals surface area (Å²) in [5, 5.41) is 4.96. The van der Waals surface area contributed by atoms with Crippen LogP contribution in [0.2, 0.25) is 0 Å². The van der Waals surface area contributed by atoms with Gasteiger partial charge in [-0.2, -0.15) is 0 Å². The van der Waals surface area contributed by atoms with E-state index in [2.05, 4.69) is 202 Å². The van der Waals surface area contributed by atoms with Crippen LogP contribution in [0.4, 0.5) is 0 Å². The molecule has 3 nitrogen and oxygen atoms in total. The fourth-order valence-corrected chi connectivity index (χ4v) is 10.0. The van der Waals surface area contributed by atoms with E-state index in [4.69, 9.17) is 15.0 Å². The minimum absolute atomic E-state index is 0.315. The van der Waals surface area contributed by atoms with Crippen molar-refractivity contribution in [1.29, 1.82) is 0 Å². The normalized spacial score (nSPS) is 12.6. The molecule has 65 heavy (non-hydrogen) atoms. The highest BCUT2D eigenvalue weighted by Crippen LogP contribution is 2.54. The summed E-state index contributed by atoms with van der Waals surface area (Å²) in [6.45, 7) is 4.73. The topological polar surface area (TPSA) is 38.7 Å². The maximum Gasteiger partial charge on any atom is 0.164 e. The molecule has 3 heteroatoms. The van der Waals surface area contributed by atoms with Crippen LogP contribution in [-0.4, -0.2) is 15.0 Å². The van der Waals surface area contributed by atoms with Gasteiger partial charge in [0, 0.05) is 22.1 Å². The summed E-state index contributed by atoms with van der Waals surface area (Å²) in [4.78, 5) is 15.2. The average Bonchev–Trinajstić information content (AvgIpc) is 3.60. The molecule has 0 radical (unpaired) electrons. The molecule has 10 aromatic carbocycles. The van der Waals surface area contributed by atoms with Crippen LogP contribution < -0.4 is 0 Å². The Morgan fingerprint density at radius 1 is 0.262 bits per heavy atom. The molecule has 0 saturated heterocycles. The largest absolute Gasteiger partial charge is 0.208 e. The average molecular weight is 830 g/mol. The number of nitrogens with zero attached hydrogens (tertiary/aromatic N) is 3. The van der Waals surface area contributed by atoms with E-state index in [0.717, 1.165) is 16.7 Å². The van der Waals surface area contributed by atoms with E-state index < -0.39 is 0 Å². The molecule has 0 N–H and O–H groups in total. The van der Waals surface area contributed by atoms with Crippen molar-refractivity contribution in [2.45, 2.75) is 19.3 Å². The van der Waals surface area contributed by atoms with Gasteiger partial charge in [0.15, 0.2) is 17.5 Å². The predicted octanol–water partition coefficient (Wildman–Crippen LogP) is 16.2. The van der Waals surface area contributed by atoms with Gasteiger partial charge in [-0.25, -0.2) is 15.0 Å². The van der Waals surface area contributed by atoms with E-state index in [1.807, 2.05) is 36.4 Å². The van der Waals surface area contributed by atoms with Crippen LogP contribution in [-0.2, 0) is 5.41 Å². The van der Waals surface area contributed by atoms with E-state index in [-0.39, 0.29) is 5.41 Å². The third-order valence-corrected chi connectivity index (χ3v) is 13.3. The first-order chi connectivity index (χ1) is 32.0. The van der Waals surface area contributed by atoms with Gasteiger partial charge < -0.3 is 0 Å². The summed E-state index contributed by atoms with van der Waals surface area (Å²) in [5.41, 5.74) is 17.4. The SMILES string of the molecule is CC1(C)c2cc(-c3nc(-c4ccccc4)nc(-c4ccccc4)n3)ccc2-c2cc3c(-c4ccc(-c5ccccc5)cc4)c4ccccc4c(-c4ccc(-c5ccccc5)cc4)c3cc21. The molecule has 12 rings (SSSR count). The molecule has 0 spiro atoms. The number of hydrogen-bond donors (Lipinski definition) is 0. The highest BCUT2D eigenvalue weighted by Gasteiger charge is 2.37. The zero-order valence-electron chi connectivity index (χ0n) is 36.2. The number of fused-ring (bicyclic) bond motifs is 5. The van der Waals surface area contributed by atoms with Crippen molar-refractivity contribution in [2.24, 2.45) is 0 Å². The van der Waals surface area contributed by atoms with Gasteiger partial charge in [-0.1, -0.05) is 220 Å². The lowest BCUT2D eigenvalue weighted by Crippen LogP contribution is -2.15. The zero-order chi connectivity index (χ0) is 43.5. The van der Waals surface area contributed by atoms with E-state index in [0.29, 0.717) is 17.5 Å². The van der Waals surface area contributed by atoms with Crippen molar-refractivity contribution in [3.63, 3.8) is 0 Å². The monoisotopic (exact) mass is 829 g/mol. The van der Waals surface area contributed by atoms with Gasteiger partial charge in [-0.05, 0) is 107 Å². The van der Waals surface area contributed by atoms with Gasteiger partial charge in [0.1, 0.15) is 0 Å². The summed E-state index contributed by atoms with van der Waals surface area (Å²) in [7, 11) is 0. The first kappa shape index (κ1) is 38.4. The fourth-order valence-electron chi connectivity index (χ4n) is 10.0. The van der Waals surface area contributed by atoms with Gasteiger partial charge >= 0.3 is 0 Å². The number of aromatic nitrogens is 3. The van der Waals surface area contributed by atoms with Crippen LogP contribution in [0.5, 0.6) is 0 Å². The minimum atomic E-state index is -0.315. The van der Waals surface area contributed by atoms with Gasteiger partial charge in [-0.15, -0.1) is 0 Å². The van der Waals surface area contributed by atoms with Crippen molar-refractivity contribution in [3.8, 4) is 89.8 Å². The Hall–Kier alpha value is -8.27. The molecule has 0 saturated carbocycles. The Bertz CT molecular complexity index is 3510. The first-order valence-electron chi connectivity index (χ1n) is 22.3. The molecule has 1 aliphatic rings. The van der Waals surface area contributed by atoms with Gasteiger partial charge in [0.2, 0.25) is 0 Å². The maximum atomic E-state index is 5.12. The molecule has 1 aromatic heterocycles. The molecule has 0 atom stereocenters. The van der Waals surface area contributed by atoms with Gasteiger partial charge in [-0.3, -0.25) is 0 Å². The predicted molar refractivity (Wildman–Crippen MR) is 270 cm³/mol. The highest BCUT2D eigenvalue weighted by atomic mass is 15.0. The molecular weight excluding hydrogens is 787 g/mol. The molecule has 0 amide bonds. The van der Waals surface area contributed by atoms with Crippen molar-refractivity contribution in [2.75, 3.05) is 0 Å². The van der Waals surface area contributed by atoms with Crippen molar-refractivity contribution < 1.29 is 0 Å². The second kappa shape index (κ2) is 15.5. The Labute approximate surface area is 379 Å². The van der Waals surface area contributed by atoms with Gasteiger partial charge in [0.25, 0.3) is 0 Å². The Morgan fingerprint density at radius 2 is 0.600 bits per heavy atom. The lowest BCUT2D eigenvalue weighted by atomic mass is 9.79. The number of rotatable bonds is 7. The summed E-state index contributed by atoms with van der Waals surface area (Å²) >= 11 is 0. The number of hydrogen-bond acceptors (Lipinski definition) is 3. The summed E-state index contributed by atoms with van der Waals surface area (Å²) in [6, 6.07) is 80.7. The molecule has 0 bridgehead atoms. The van der Waals surface area contributed by atoms with Crippen molar-refractivity contribution in [1.82, 2.24) is 15.0 Å². The van der Waals surface area contributed by atoms with E-state index in [1.54, 1.807) is 0 Å². The molecular formula is C62H43N3. The van der Waals surface area contributed by atoms with Crippen LogP contribution in [0.3, 0.4) is 0 Å². The van der Waals surface area contributed by atoms with Crippen molar-refractivity contribution in [3.05, 3.63) is 236 Å². The van der Waals surface area contributed by atoms with Crippen LogP contribution in [0, 0.1) is 0 Å². The Morgan fingerprint density at radius 3 is 1.06 bits per heavy atom. The lowest BCUT2D eigenvalue weighted by Gasteiger charge is -2.24. The van der Waals surface area contributed by atoms with Crippen LogP contribution >= 0.6 is 0 Å². The Kier molecular flexibility index (Phi) is 9.17. The second-order valence-electron chi connectivity index (χ2n) is 17.5. The molecule has 0 fully saturated rings. The summed E-state index contributed by atoms with van der Waals surface area (Å²) in [5.74, 6) is 1.97. The summed E-state index contributed by atoms with van der Waals surface area (Å²) in [6.07, 6.45) is 0. The maximum absolute atomic E-state index is 5.12. The van der Waals surface area contributed by atoms with Crippen LogP contribution in [0.1, 0.15) is 25.0 Å². The second-order valence-corrected chi connectivity index (χ2v) is 17.5. The third-order valence-electron chi connectivity index (χ3n) is 13.3. The third kappa shape index (κ3) is 6.63. The molecule has 1 aliphatic carbocycles. The molecule has 11 aromatic rings. The standard InChI is InChI=1S/C62H43N3/c1-62(2)55-37-48(61-64-59(46-21-11-5-12-22-46)63-60(65-61)47-23-13-6-14-24-47)35-36-49(55)52-38-53-54(39-56(52)62)58(45-33-29-43(30-34-45)41-19-9-4-10-20-41)51-26-16-15-25-50(51)57(53)44-31-27-42(28-32-44)40-17-7-3-8-18-40/h3-39H,1-2H3. The molecule has 0 aliphatic heterocycles. The lowest BCUT2D eigenvalue weighted by molar-refractivity contribution is 0.661. The van der Waals surface area contributed by atoms with Crippen LogP contribution in [0.25, 0.3) is 111 Å². The van der Waals surface area contributed by atoms with E-state index in [9.17, 15) is 0 Å². The molecule has 0 unspecified atom stereocenters. The van der Waals surface area contributed by atoms with Crippen molar-refractivity contribution >= 4 is 21.5 Å². The zero-order valence-corrected chi connectivity index (χ0v) is 36.2. The summed E-state index contributed by atoms with van der Waals surface area (Å²) < 4.78 is 0. The smallest absolute Gasteiger partial charge is 0.164 e. The fraction of sp³-hybridized carbons (Fsp3) is 0.0484. The first-order valence-corrected chi connectivity index (χ1v) is 22.3. The highest BCUT2D eigenvalue weighted by molar-refractivity contribution is 6.22. The molecule has 306 valence electrons. The van der Waals surface area contributed by atoms with Crippen LogP contribution in [0.15, 0.2) is 224 Å². The number of benzene rings is 10. The van der Waals surface area contributed by atoms with E-state index in [1.165, 1.54) is 88.3 Å². The minimum Gasteiger partial charge on any atom is -0.208 e.